The van der Waals surface area contributed by atoms with Gasteiger partial charge in [0.25, 0.3) is 0 Å². The second-order valence-corrected chi connectivity index (χ2v) is 5.18. The van der Waals surface area contributed by atoms with Crippen molar-refractivity contribution in [1.82, 2.24) is 29.6 Å². The molecule has 0 radical (unpaired) electrons. The quantitative estimate of drug-likeness (QED) is 0.755. The van der Waals surface area contributed by atoms with Crippen LogP contribution in [0.25, 0.3) is 0 Å². The van der Waals surface area contributed by atoms with Crippen LogP contribution in [-0.4, -0.2) is 68.8 Å². The van der Waals surface area contributed by atoms with Crippen LogP contribution in [0.4, 0.5) is 5.95 Å². The Hall–Kier alpha value is -2.71. The number of carbonyl (C=O) groups excluding carboxylic acids is 1. The van der Waals surface area contributed by atoms with Gasteiger partial charge in [-0.05, 0) is 0 Å². The van der Waals surface area contributed by atoms with Crippen LogP contribution in [0.5, 0.6) is 5.88 Å². The van der Waals surface area contributed by atoms with Gasteiger partial charge in [-0.3, -0.25) is 9.48 Å². The molecule has 1 aliphatic rings. The van der Waals surface area contributed by atoms with Crippen LogP contribution in [0.3, 0.4) is 0 Å². The van der Waals surface area contributed by atoms with Gasteiger partial charge in [-0.25, -0.2) is 9.97 Å². The highest BCUT2D eigenvalue weighted by Gasteiger charge is 2.22. The average molecular weight is 317 g/mol. The number of ether oxygens (including phenoxy) is 1. The zero-order valence-electron chi connectivity index (χ0n) is 13.0. The van der Waals surface area contributed by atoms with Crippen molar-refractivity contribution in [2.24, 2.45) is 0 Å². The van der Waals surface area contributed by atoms with Crippen molar-refractivity contribution >= 4 is 11.9 Å². The maximum Gasteiger partial charge on any atom is 0.228 e. The number of rotatable bonds is 5. The second-order valence-electron chi connectivity index (χ2n) is 5.18. The summed E-state index contributed by atoms with van der Waals surface area (Å²) in [7, 11) is 1.58. The summed E-state index contributed by atoms with van der Waals surface area (Å²) < 4.78 is 6.78. The third-order valence-corrected chi connectivity index (χ3v) is 3.76. The lowest BCUT2D eigenvalue weighted by atomic mass is 10.3. The zero-order chi connectivity index (χ0) is 16.1. The number of hydrogen-bond acceptors (Lipinski definition) is 7. The molecule has 0 N–H and O–H groups in total. The summed E-state index contributed by atoms with van der Waals surface area (Å²) in [6, 6.07) is 1.72. The number of aromatic nitrogens is 5. The van der Waals surface area contributed by atoms with E-state index in [0.717, 1.165) is 0 Å². The molecular formula is C14H19N7O2. The van der Waals surface area contributed by atoms with E-state index in [0.29, 0.717) is 51.0 Å². The van der Waals surface area contributed by atoms with Gasteiger partial charge < -0.3 is 14.5 Å². The van der Waals surface area contributed by atoms with Crippen LogP contribution in [0.15, 0.2) is 24.9 Å². The fraction of sp³-hybridized carbons (Fsp3) is 0.500. The predicted octanol–water partition coefficient (Wildman–Crippen LogP) is -0.184. The summed E-state index contributed by atoms with van der Waals surface area (Å²) in [5, 5.41) is 4.00. The van der Waals surface area contributed by atoms with Gasteiger partial charge in [-0.2, -0.15) is 10.1 Å². The van der Waals surface area contributed by atoms with E-state index < -0.39 is 0 Å². The van der Waals surface area contributed by atoms with E-state index in [1.165, 1.54) is 6.33 Å². The fourth-order valence-electron chi connectivity index (χ4n) is 2.47. The Labute approximate surface area is 133 Å². The first-order valence-electron chi connectivity index (χ1n) is 7.48. The summed E-state index contributed by atoms with van der Waals surface area (Å²) in [6.45, 7) is 3.30. The Morgan fingerprint density at radius 3 is 2.83 bits per heavy atom. The number of amides is 1. The van der Waals surface area contributed by atoms with Crippen LogP contribution in [0.2, 0.25) is 0 Å². The lowest BCUT2D eigenvalue weighted by Crippen LogP contribution is -2.49. The van der Waals surface area contributed by atoms with Crippen LogP contribution in [0, 0.1) is 0 Å². The molecule has 0 spiro atoms. The third kappa shape index (κ3) is 3.74. The molecule has 1 fully saturated rings. The Bertz CT molecular complexity index is 638. The largest absolute Gasteiger partial charge is 0.481 e. The first kappa shape index (κ1) is 15.2. The number of anilines is 1. The third-order valence-electron chi connectivity index (χ3n) is 3.76. The summed E-state index contributed by atoms with van der Waals surface area (Å²) >= 11 is 0. The summed E-state index contributed by atoms with van der Waals surface area (Å²) in [5.41, 5.74) is 0. The Morgan fingerprint density at radius 2 is 2.13 bits per heavy atom. The fourth-order valence-corrected chi connectivity index (χ4v) is 2.47. The van der Waals surface area contributed by atoms with E-state index in [-0.39, 0.29) is 5.91 Å². The van der Waals surface area contributed by atoms with Gasteiger partial charge in [0.05, 0.1) is 13.7 Å². The number of methoxy groups -OCH3 is 1. The van der Waals surface area contributed by atoms with Gasteiger partial charge in [0.15, 0.2) is 0 Å². The molecule has 0 aliphatic carbocycles. The van der Waals surface area contributed by atoms with E-state index in [1.54, 1.807) is 30.4 Å². The van der Waals surface area contributed by atoms with Crippen molar-refractivity contribution in [3.05, 3.63) is 24.9 Å². The molecule has 23 heavy (non-hydrogen) atoms. The van der Waals surface area contributed by atoms with E-state index in [1.807, 2.05) is 4.90 Å². The van der Waals surface area contributed by atoms with Gasteiger partial charge in [0.1, 0.15) is 12.7 Å². The first-order valence-corrected chi connectivity index (χ1v) is 7.48. The topological polar surface area (TPSA) is 89.3 Å². The van der Waals surface area contributed by atoms with Crippen LogP contribution < -0.4 is 9.64 Å². The van der Waals surface area contributed by atoms with Crippen molar-refractivity contribution in [3.8, 4) is 5.88 Å². The average Bonchev–Trinajstić information content (AvgIpc) is 3.13. The van der Waals surface area contributed by atoms with Gasteiger partial charge >= 0.3 is 0 Å². The SMILES string of the molecule is COc1ccnc(N2CCN(C(=O)CCn3cncn3)CC2)n1. The van der Waals surface area contributed by atoms with Gasteiger partial charge in [-0.15, -0.1) is 0 Å². The normalized spacial score (nSPS) is 14.8. The summed E-state index contributed by atoms with van der Waals surface area (Å²) in [6.07, 6.45) is 5.19. The standard InChI is InChI=1S/C14H19N7O2/c1-23-12-2-4-16-14(18-12)20-8-6-19(7-9-20)13(22)3-5-21-11-15-10-17-21/h2,4,10-11H,3,5-9H2,1H3. The van der Waals surface area contributed by atoms with Gasteiger partial charge in [-0.1, -0.05) is 0 Å². The molecule has 0 atom stereocenters. The van der Waals surface area contributed by atoms with Crippen molar-refractivity contribution in [1.29, 1.82) is 0 Å². The Balaban J connectivity index is 1.50. The molecule has 0 bridgehead atoms. The molecule has 1 amide bonds. The summed E-state index contributed by atoms with van der Waals surface area (Å²) in [5.74, 6) is 1.31. The molecular weight excluding hydrogens is 298 g/mol. The monoisotopic (exact) mass is 317 g/mol. The maximum atomic E-state index is 12.2. The molecule has 122 valence electrons. The Morgan fingerprint density at radius 1 is 1.30 bits per heavy atom. The van der Waals surface area contributed by atoms with E-state index in [9.17, 15) is 4.79 Å². The molecule has 2 aromatic rings. The van der Waals surface area contributed by atoms with Crippen LogP contribution in [0.1, 0.15) is 6.42 Å². The number of hydrogen-bond donors (Lipinski definition) is 0. The van der Waals surface area contributed by atoms with Gasteiger partial charge in [0, 0.05) is 44.9 Å². The molecule has 0 unspecified atom stereocenters. The minimum atomic E-state index is 0.131. The van der Waals surface area contributed by atoms with Crippen molar-refractivity contribution < 1.29 is 9.53 Å². The highest BCUT2D eigenvalue weighted by Crippen LogP contribution is 2.14. The molecule has 9 nitrogen and oxygen atoms in total. The molecule has 3 heterocycles. The number of aryl methyl sites for hydroxylation is 1. The van der Waals surface area contributed by atoms with E-state index >= 15 is 0 Å². The smallest absolute Gasteiger partial charge is 0.228 e. The molecule has 1 saturated heterocycles. The maximum absolute atomic E-state index is 12.2. The lowest BCUT2D eigenvalue weighted by Gasteiger charge is -2.34. The second kappa shape index (κ2) is 7.03. The number of piperazine rings is 1. The summed E-state index contributed by atoms with van der Waals surface area (Å²) in [4.78, 5) is 28.6. The molecule has 0 aromatic carbocycles. The molecule has 9 heteroatoms. The number of nitrogens with zero attached hydrogens (tertiary/aromatic N) is 7. The predicted molar refractivity (Wildman–Crippen MR) is 82.0 cm³/mol. The number of carbonyl (C=O) groups is 1. The van der Waals surface area contributed by atoms with Crippen LogP contribution in [-0.2, 0) is 11.3 Å². The first-order chi connectivity index (χ1) is 11.3. The molecule has 0 saturated carbocycles. The van der Waals surface area contributed by atoms with Crippen molar-refractivity contribution in [2.45, 2.75) is 13.0 Å². The van der Waals surface area contributed by atoms with Crippen molar-refractivity contribution in [2.75, 3.05) is 38.2 Å². The highest BCUT2D eigenvalue weighted by atomic mass is 16.5. The Kier molecular flexibility index (Phi) is 4.65. The van der Waals surface area contributed by atoms with Crippen molar-refractivity contribution in [3.63, 3.8) is 0 Å². The zero-order valence-corrected chi connectivity index (χ0v) is 13.0. The van der Waals surface area contributed by atoms with E-state index in [4.69, 9.17) is 4.74 Å². The highest BCUT2D eigenvalue weighted by molar-refractivity contribution is 5.76. The molecule has 2 aromatic heterocycles. The lowest BCUT2D eigenvalue weighted by molar-refractivity contribution is -0.131. The minimum Gasteiger partial charge on any atom is -0.481 e. The molecule has 1 aliphatic heterocycles. The minimum absolute atomic E-state index is 0.131. The molecule has 3 rings (SSSR count). The van der Waals surface area contributed by atoms with Crippen LogP contribution >= 0.6 is 0 Å². The van der Waals surface area contributed by atoms with E-state index in [2.05, 4.69) is 25.0 Å². The van der Waals surface area contributed by atoms with Gasteiger partial charge in [0.2, 0.25) is 17.7 Å².